The van der Waals surface area contributed by atoms with Gasteiger partial charge in [0.25, 0.3) is 0 Å². The molecule has 0 spiro atoms. The van der Waals surface area contributed by atoms with Crippen LogP contribution in [0.5, 0.6) is 11.5 Å². The summed E-state index contributed by atoms with van der Waals surface area (Å²) in [7, 11) is 3.27. The van der Waals surface area contributed by atoms with Crippen LogP contribution in [0.2, 0.25) is 0 Å². The molecule has 0 saturated heterocycles. The molecule has 0 unspecified atom stereocenters. The van der Waals surface area contributed by atoms with E-state index < -0.39 is 5.82 Å². The Labute approximate surface area is 185 Å². The van der Waals surface area contributed by atoms with Crippen LogP contribution >= 0.6 is 0 Å². The third-order valence-corrected chi connectivity index (χ3v) is 5.94. The Morgan fingerprint density at radius 3 is 2.69 bits per heavy atom. The van der Waals surface area contributed by atoms with E-state index in [1.807, 2.05) is 36.5 Å². The highest BCUT2D eigenvalue weighted by molar-refractivity contribution is 6.03. The second kappa shape index (κ2) is 8.07. The van der Waals surface area contributed by atoms with Gasteiger partial charge in [-0.2, -0.15) is 0 Å². The van der Waals surface area contributed by atoms with Gasteiger partial charge in [0.15, 0.2) is 0 Å². The molecule has 3 N–H and O–H groups in total. The number of hydrogen-bond donors (Lipinski definition) is 2. The van der Waals surface area contributed by atoms with Crippen molar-refractivity contribution in [3.63, 3.8) is 0 Å². The van der Waals surface area contributed by atoms with Crippen LogP contribution in [0.3, 0.4) is 0 Å². The standard InChI is InChI=1S/C25H25FN4O2/c1-31-18-7-3-16(23(12-18)32-2)13-29-25-24-19(15-4-8-21(27)20(26)11-15)14-30(17-5-6-17)22(24)9-10-28-25/h3-4,7-12,14,17H,5-6,13,27H2,1-2H3,(H,28,29). The van der Waals surface area contributed by atoms with Crippen molar-refractivity contribution in [2.24, 2.45) is 0 Å². The lowest BCUT2D eigenvalue weighted by Crippen LogP contribution is -2.04. The van der Waals surface area contributed by atoms with Gasteiger partial charge < -0.3 is 25.1 Å². The predicted octanol–water partition coefficient (Wildman–Crippen LogP) is 5.39. The van der Waals surface area contributed by atoms with Crippen molar-refractivity contribution < 1.29 is 13.9 Å². The average Bonchev–Trinajstić information content (AvgIpc) is 3.59. The smallest absolute Gasteiger partial charge is 0.146 e. The van der Waals surface area contributed by atoms with E-state index in [4.69, 9.17) is 15.2 Å². The van der Waals surface area contributed by atoms with E-state index in [0.717, 1.165) is 57.8 Å². The number of aromatic nitrogens is 2. The van der Waals surface area contributed by atoms with Crippen LogP contribution in [0.25, 0.3) is 22.0 Å². The quantitative estimate of drug-likeness (QED) is 0.383. The van der Waals surface area contributed by atoms with E-state index in [1.54, 1.807) is 20.3 Å². The molecule has 2 aromatic carbocycles. The third-order valence-electron chi connectivity index (χ3n) is 5.94. The van der Waals surface area contributed by atoms with Crippen molar-refractivity contribution in [1.82, 2.24) is 9.55 Å². The largest absolute Gasteiger partial charge is 0.497 e. The van der Waals surface area contributed by atoms with Crippen LogP contribution in [-0.4, -0.2) is 23.8 Å². The van der Waals surface area contributed by atoms with Gasteiger partial charge in [-0.05, 0) is 48.7 Å². The maximum Gasteiger partial charge on any atom is 0.146 e. The topological polar surface area (TPSA) is 74.3 Å². The molecule has 0 radical (unpaired) electrons. The first-order valence-corrected chi connectivity index (χ1v) is 10.6. The minimum absolute atomic E-state index is 0.141. The Hall–Kier alpha value is -3.74. The number of fused-ring (bicyclic) bond motifs is 1. The number of rotatable bonds is 7. The minimum Gasteiger partial charge on any atom is -0.497 e. The monoisotopic (exact) mass is 432 g/mol. The lowest BCUT2D eigenvalue weighted by Gasteiger charge is -2.13. The molecule has 0 bridgehead atoms. The fraction of sp³-hybridized carbons (Fsp3) is 0.240. The number of nitrogens with one attached hydrogen (secondary N) is 1. The normalized spacial score (nSPS) is 13.3. The Balaban J connectivity index is 1.57. The van der Waals surface area contributed by atoms with Gasteiger partial charge in [-0.1, -0.05) is 6.07 Å². The van der Waals surface area contributed by atoms with Crippen LogP contribution in [0.4, 0.5) is 15.9 Å². The fourth-order valence-electron chi connectivity index (χ4n) is 4.08. The molecule has 5 rings (SSSR count). The number of benzene rings is 2. The molecule has 0 amide bonds. The van der Waals surface area contributed by atoms with Crippen molar-refractivity contribution in [2.75, 3.05) is 25.3 Å². The number of halogens is 1. The lowest BCUT2D eigenvalue weighted by atomic mass is 10.0. The maximum atomic E-state index is 14.3. The van der Waals surface area contributed by atoms with Crippen molar-refractivity contribution in [1.29, 1.82) is 0 Å². The van der Waals surface area contributed by atoms with E-state index in [2.05, 4.69) is 21.1 Å². The summed E-state index contributed by atoms with van der Waals surface area (Å²) in [5.74, 6) is 1.79. The fourth-order valence-corrected chi connectivity index (χ4v) is 4.08. The zero-order valence-corrected chi connectivity index (χ0v) is 18.1. The van der Waals surface area contributed by atoms with Crippen LogP contribution in [-0.2, 0) is 6.54 Å². The molecule has 1 aliphatic carbocycles. The molecule has 0 aliphatic heterocycles. The zero-order chi connectivity index (χ0) is 22.2. The molecule has 2 heterocycles. The molecule has 4 aromatic rings. The Bertz CT molecular complexity index is 1300. The van der Waals surface area contributed by atoms with Gasteiger partial charge in [-0.15, -0.1) is 0 Å². The number of methoxy groups -OCH3 is 2. The molecule has 32 heavy (non-hydrogen) atoms. The van der Waals surface area contributed by atoms with E-state index in [9.17, 15) is 4.39 Å². The molecule has 164 valence electrons. The summed E-state index contributed by atoms with van der Waals surface area (Å²) < 4.78 is 27.4. The summed E-state index contributed by atoms with van der Waals surface area (Å²) in [6.07, 6.45) is 6.21. The Morgan fingerprint density at radius 1 is 1.12 bits per heavy atom. The highest BCUT2D eigenvalue weighted by atomic mass is 19.1. The number of ether oxygens (including phenoxy) is 2. The second-order valence-corrected chi connectivity index (χ2v) is 8.00. The molecule has 1 fully saturated rings. The zero-order valence-electron chi connectivity index (χ0n) is 18.1. The van der Waals surface area contributed by atoms with E-state index in [1.165, 1.54) is 6.07 Å². The van der Waals surface area contributed by atoms with Crippen molar-refractivity contribution in [3.8, 4) is 22.6 Å². The molecule has 7 heteroatoms. The van der Waals surface area contributed by atoms with Gasteiger partial charge >= 0.3 is 0 Å². The molecule has 6 nitrogen and oxygen atoms in total. The first-order chi connectivity index (χ1) is 15.6. The summed E-state index contributed by atoms with van der Waals surface area (Å²) in [4.78, 5) is 4.62. The van der Waals surface area contributed by atoms with E-state index >= 15 is 0 Å². The first kappa shape index (κ1) is 20.2. The molecule has 1 aliphatic rings. The number of hydrogen-bond acceptors (Lipinski definition) is 5. The van der Waals surface area contributed by atoms with Gasteiger partial charge in [0, 0.05) is 47.6 Å². The highest BCUT2D eigenvalue weighted by Gasteiger charge is 2.27. The summed E-state index contributed by atoms with van der Waals surface area (Å²) in [6.45, 7) is 0.517. The van der Waals surface area contributed by atoms with Crippen LogP contribution < -0.4 is 20.5 Å². The molecular weight excluding hydrogens is 407 g/mol. The average molecular weight is 432 g/mol. The molecule has 0 atom stereocenters. The molecule has 2 aromatic heterocycles. The van der Waals surface area contributed by atoms with Gasteiger partial charge in [-0.3, -0.25) is 0 Å². The van der Waals surface area contributed by atoms with E-state index in [-0.39, 0.29) is 5.69 Å². The van der Waals surface area contributed by atoms with Gasteiger partial charge in [0.2, 0.25) is 0 Å². The van der Waals surface area contributed by atoms with Crippen LogP contribution in [0.15, 0.2) is 54.9 Å². The molecular formula is C25H25FN4O2. The number of anilines is 2. The third kappa shape index (κ3) is 3.60. The van der Waals surface area contributed by atoms with Gasteiger partial charge in [-0.25, -0.2) is 9.37 Å². The lowest BCUT2D eigenvalue weighted by molar-refractivity contribution is 0.391. The number of nitrogens with zero attached hydrogens (tertiary/aromatic N) is 2. The Morgan fingerprint density at radius 2 is 1.97 bits per heavy atom. The summed E-state index contributed by atoms with van der Waals surface area (Å²) in [5.41, 5.74) is 9.62. The number of nitrogen functional groups attached to an aromatic ring is 1. The number of nitrogens with two attached hydrogens (primary N) is 1. The van der Waals surface area contributed by atoms with Gasteiger partial charge in [0.1, 0.15) is 23.1 Å². The summed E-state index contributed by atoms with van der Waals surface area (Å²) >= 11 is 0. The predicted molar refractivity (Wildman–Crippen MR) is 125 cm³/mol. The van der Waals surface area contributed by atoms with Crippen molar-refractivity contribution >= 4 is 22.4 Å². The van der Waals surface area contributed by atoms with E-state index in [0.29, 0.717) is 12.6 Å². The maximum absolute atomic E-state index is 14.3. The highest BCUT2D eigenvalue weighted by Crippen LogP contribution is 2.43. The van der Waals surface area contributed by atoms with Crippen LogP contribution in [0, 0.1) is 5.82 Å². The Kier molecular flexibility index (Phi) is 5.09. The summed E-state index contributed by atoms with van der Waals surface area (Å²) in [5, 5.41) is 4.43. The SMILES string of the molecule is COc1ccc(CNc2nccc3c2c(-c2ccc(N)c(F)c2)cn3C2CC2)c(OC)c1. The minimum atomic E-state index is -0.420. The van der Waals surface area contributed by atoms with Crippen molar-refractivity contribution in [2.45, 2.75) is 25.4 Å². The first-order valence-electron chi connectivity index (χ1n) is 10.6. The second-order valence-electron chi connectivity index (χ2n) is 8.00. The van der Waals surface area contributed by atoms with Gasteiger partial charge in [0.05, 0.1) is 25.4 Å². The van der Waals surface area contributed by atoms with Crippen LogP contribution in [0.1, 0.15) is 24.4 Å². The molecule has 1 saturated carbocycles. The van der Waals surface area contributed by atoms with Crippen molar-refractivity contribution in [3.05, 3.63) is 66.2 Å². The summed E-state index contributed by atoms with van der Waals surface area (Å²) in [6, 6.07) is 13.2. The number of pyridine rings is 1.